The van der Waals surface area contributed by atoms with Crippen LogP contribution in [0.4, 0.5) is 0 Å². The number of fused-ring (bicyclic) bond motifs is 1. The third-order valence-corrected chi connectivity index (χ3v) is 4.71. The van der Waals surface area contributed by atoms with Gasteiger partial charge in [-0.2, -0.15) is 0 Å². The van der Waals surface area contributed by atoms with Gasteiger partial charge in [0.05, 0.1) is 12.5 Å². The van der Waals surface area contributed by atoms with Gasteiger partial charge in [0.2, 0.25) is 0 Å². The zero-order valence-corrected chi connectivity index (χ0v) is 16.4. The van der Waals surface area contributed by atoms with E-state index in [0.717, 1.165) is 6.92 Å². The molecule has 0 aromatic rings. The van der Waals surface area contributed by atoms with E-state index in [4.69, 9.17) is 14.2 Å². The SMILES string of the molecule is C=C(C)C(=O)O[C@H]1[C@H]2C(=C)C(=O)O[C@H]2/C=C(\CO)CC/C=C(/C=O)[C@H]1OC(C)=O. The summed E-state index contributed by atoms with van der Waals surface area (Å²) in [6.07, 6.45) is 0.932. The van der Waals surface area contributed by atoms with Gasteiger partial charge < -0.3 is 19.3 Å². The van der Waals surface area contributed by atoms with Gasteiger partial charge in [0.1, 0.15) is 12.4 Å². The topological polar surface area (TPSA) is 116 Å². The molecule has 2 aliphatic rings. The lowest BCUT2D eigenvalue weighted by Gasteiger charge is -2.33. The van der Waals surface area contributed by atoms with E-state index in [-0.39, 0.29) is 23.3 Å². The van der Waals surface area contributed by atoms with Crippen molar-refractivity contribution in [2.75, 3.05) is 6.61 Å². The standard InChI is InChI=1S/C21H24O8/c1-11(2)20(25)29-19-17-12(3)21(26)28-16(17)8-14(9-22)6-5-7-15(10-23)18(19)27-13(4)24/h7-8,10,16-19,22H,1,3,5-6,9H2,2,4H3/b14-8-,15-7-/t16-,17-,18+,19-/m0/s1. The van der Waals surface area contributed by atoms with Crippen molar-refractivity contribution >= 4 is 24.2 Å². The van der Waals surface area contributed by atoms with E-state index in [9.17, 15) is 24.3 Å². The normalized spacial score (nSPS) is 30.6. The Labute approximate surface area is 168 Å². The van der Waals surface area contributed by atoms with Crippen molar-refractivity contribution in [3.05, 3.63) is 47.6 Å². The van der Waals surface area contributed by atoms with Crippen molar-refractivity contribution in [3.63, 3.8) is 0 Å². The fourth-order valence-electron chi connectivity index (χ4n) is 3.28. The second kappa shape index (κ2) is 9.47. The molecule has 8 heteroatoms. The lowest BCUT2D eigenvalue weighted by molar-refractivity contribution is -0.166. The number of rotatable bonds is 5. The second-order valence-corrected chi connectivity index (χ2v) is 6.94. The monoisotopic (exact) mass is 404 g/mol. The Hall–Kier alpha value is -3.00. The molecule has 1 heterocycles. The predicted octanol–water partition coefficient (Wildman–Crippen LogP) is 1.34. The van der Waals surface area contributed by atoms with Crippen LogP contribution in [-0.2, 0) is 33.4 Å². The van der Waals surface area contributed by atoms with Crippen LogP contribution in [0.2, 0.25) is 0 Å². The largest absolute Gasteiger partial charge is 0.454 e. The highest BCUT2D eigenvalue weighted by Gasteiger charge is 2.49. The number of aliphatic hydroxyl groups is 1. The Bertz CT molecular complexity index is 803. The summed E-state index contributed by atoms with van der Waals surface area (Å²) in [7, 11) is 0. The first-order valence-electron chi connectivity index (χ1n) is 9.08. The van der Waals surface area contributed by atoms with E-state index in [0.29, 0.717) is 24.7 Å². The molecule has 0 unspecified atom stereocenters. The number of hydrogen-bond donors (Lipinski definition) is 1. The Kier molecular flexibility index (Phi) is 7.28. The lowest BCUT2D eigenvalue weighted by atomic mass is 9.83. The van der Waals surface area contributed by atoms with Crippen LogP contribution in [-0.4, -0.2) is 54.2 Å². The molecule has 1 fully saturated rings. The maximum Gasteiger partial charge on any atom is 0.334 e. The molecular weight excluding hydrogens is 380 g/mol. The smallest absolute Gasteiger partial charge is 0.334 e. The molecule has 29 heavy (non-hydrogen) atoms. The summed E-state index contributed by atoms with van der Waals surface area (Å²) in [6, 6.07) is 0. The van der Waals surface area contributed by atoms with Crippen LogP contribution in [0.3, 0.4) is 0 Å². The minimum absolute atomic E-state index is 0.00558. The van der Waals surface area contributed by atoms with Crippen LogP contribution >= 0.6 is 0 Å². The first-order valence-corrected chi connectivity index (χ1v) is 9.08. The van der Waals surface area contributed by atoms with Crippen LogP contribution in [0.25, 0.3) is 0 Å². The van der Waals surface area contributed by atoms with Crippen LogP contribution < -0.4 is 0 Å². The summed E-state index contributed by atoms with van der Waals surface area (Å²) in [4.78, 5) is 48.0. The van der Waals surface area contributed by atoms with Crippen LogP contribution in [0.5, 0.6) is 0 Å². The summed E-state index contributed by atoms with van der Waals surface area (Å²) in [5.74, 6) is -3.12. The van der Waals surface area contributed by atoms with Crippen molar-refractivity contribution < 1.29 is 38.5 Å². The zero-order valence-electron chi connectivity index (χ0n) is 16.4. The van der Waals surface area contributed by atoms with Gasteiger partial charge in [-0.1, -0.05) is 19.2 Å². The molecule has 0 aromatic carbocycles. The molecule has 0 amide bonds. The van der Waals surface area contributed by atoms with Gasteiger partial charge in [-0.15, -0.1) is 0 Å². The van der Waals surface area contributed by atoms with Gasteiger partial charge in [-0.05, 0) is 31.4 Å². The molecule has 1 N–H and O–H groups in total. The minimum Gasteiger partial charge on any atom is -0.454 e. The second-order valence-electron chi connectivity index (χ2n) is 6.94. The first kappa shape index (κ1) is 22.3. The average molecular weight is 404 g/mol. The van der Waals surface area contributed by atoms with E-state index in [1.807, 2.05) is 0 Å². The molecule has 1 saturated heterocycles. The van der Waals surface area contributed by atoms with Crippen molar-refractivity contribution in [3.8, 4) is 0 Å². The number of carbonyl (C=O) groups is 4. The molecule has 2 rings (SSSR count). The van der Waals surface area contributed by atoms with Gasteiger partial charge in [-0.25, -0.2) is 9.59 Å². The number of esters is 3. The van der Waals surface area contributed by atoms with Crippen molar-refractivity contribution in [1.82, 2.24) is 0 Å². The Balaban J connectivity index is 2.65. The van der Waals surface area contributed by atoms with Crippen LogP contribution in [0.1, 0.15) is 26.7 Å². The molecule has 4 atom stereocenters. The molecule has 0 spiro atoms. The highest BCUT2D eigenvalue weighted by Crippen LogP contribution is 2.37. The quantitative estimate of drug-likeness (QED) is 0.240. The summed E-state index contributed by atoms with van der Waals surface area (Å²) in [5.41, 5.74) is 0.745. The average Bonchev–Trinajstić information content (AvgIpc) is 2.93. The molecule has 1 aliphatic carbocycles. The summed E-state index contributed by atoms with van der Waals surface area (Å²) >= 11 is 0. The van der Waals surface area contributed by atoms with Gasteiger partial charge in [-0.3, -0.25) is 9.59 Å². The minimum atomic E-state index is -1.27. The summed E-state index contributed by atoms with van der Waals surface area (Å²) < 4.78 is 16.2. The van der Waals surface area contributed by atoms with E-state index in [1.54, 1.807) is 12.2 Å². The summed E-state index contributed by atoms with van der Waals surface area (Å²) in [6.45, 7) is 9.59. The van der Waals surface area contributed by atoms with E-state index < -0.39 is 42.1 Å². The fraction of sp³-hybridized carbons (Fsp3) is 0.429. The molecule has 8 nitrogen and oxygen atoms in total. The van der Waals surface area contributed by atoms with E-state index >= 15 is 0 Å². The maximum atomic E-state index is 12.3. The number of aldehydes is 1. The number of carbonyl (C=O) groups excluding carboxylic acids is 4. The van der Waals surface area contributed by atoms with Gasteiger partial charge in [0, 0.05) is 23.6 Å². The van der Waals surface area contributed by atoms with Crippen molar-refractivity contribution in [2.24, 2.45) is 5.92 Å². The molecule has 0 bridgehead atoms. The Morgan fingerprint density at radius 1 is 1.34 bits per heavy atom. The number of hydrogen-bond acceptors (Lipinski definition) is 8. The number of aliphatic hydroxyl groups excluding tert-OH is 1. The highest BCUT2D eigenvalue weighted by molar-refractivity contribution is 5.92. The fourth-order valence-corrected chi connectivity index (χ4v) is 3.28. The van der Waals surface area contributed by atoms with E-state index in [2.05, 4.69) is 13.2 Å². The highest BCUT2D eigenvalue weighted by atomic mass is 16.6. The van der Waals surface area contributed by atoms with Gasteiger partial charge in [0.25, 0.3) is 0 Å². The molecule has 0 radical (unpaired) electrons. The molecule has 0 saturated carbocycles. The first-order chi connectivity index (χ1) is 13.7. The molecular formula is C21H24O8. The van der Waals surface area contributed by atoms with E-state index in [1.165, 1.54) is 6.92 Å². The zero-order chi connectivity index (χ0) is 21.7. The van der Waals surface area contributed by atoms with Crippen LogP contribution in [0.15, 0.2) is 47.6 Å². The lowest BCUT2D eigenvalue weighted by Crippen LogP contribution is -2.45. The molecule has 0 aromatic heterocycles. The van der Waals surface area contributed by atoms with Crippen molar-refractivity contribution in [1.29, 1.82) is 0 Å². The predicted molar refractivity (Wildman–Crippen MR) is 101 cm³/mol. The summed E-state index contributed by atoms with van der Waals surface area (Å²) in [5, 5.41) is 9.61. The van der Waals surface area contributed by atoms with Crippen molar-refractivity contribution in [2.45, 2.75) is 45.0 Å². The number of ether oxygens (including phenoxy) is 3. The van der Waals surface area contributed by atoms with Gasteiger partial charge in [0.15, 0.2) is 12.2 Å². The third kappa shape index (κ3) is 5.08. The Morgan fingerprint density at radius 2 is 2.03 bits per heavy atom. The molecule has 156 valence electrons. The maximum absolute atomic E-state index is 12.3. The third-order valence-electron chi connectivity index (χ3n) is 4.71. The Morgan fingerprint density at radius 3 is 2.59 bits per heavy atom. The molecule has 1 aliphatic heterocycles. The number of allylic oxidation sites excluding steroid dienone is 1. The van der Waals surface area contributed by atoms with Crippen LogP contribution in [0, 0.1) is 5.92 Å². The van der Waals surface area contributed by atoms with Gasteiger partial charge >= 0.3 is 17.9 Å².